The molecule has 0 aliphatic carbocycles. The summed E-state index contributed by atoms with van der Waals surface area (Å²) in [6.07, 6.45) is 0.352. The zero-order valence-corrected chi connectivity index (χ0v) is 19.4. The normalized spacial score (nSPS) is 9.83. The summed E-state index contributed by atoms with van der Waals surface area (Å²) in [7, 11) is 0. The Labute approximate surface area is 195 Å². The summed E-state index contributed by atoms with van der Waals surface area (Å²) in [5, 5.41) is 26.2. The molecular formula is C9H9ClN2Na2O8S2. The minimum atomic E-state index is -0.601. The Morgan fingerprint density at radius 1 is 1.12 bits per heavy atom. The van der Waals surface area contributed by atoms with Gasteiger partial charge in [-0.1, -0.05) is 6.92 Å². The first-order chi connectivity index (χ1) is 10.7. The van der Waals surface area contributed by atoms with Crippen molar-refractivity contribution < 1.29 is 97.9 Å². The van der Waals surface area contributed by atoms with Gasteiger partial charge in [0.2, 0.25) is 5.88 Å². The van der Waals surface area contributed by atoms with Crippen LogP contribution in [0, 0.1) is 0 Å². The first-order valence-corrected chi connectivity index (χ1v) is 7.61. The molecule has 0 aromatic carbocycles. The van der Waals surface area contributed by atoms with E-state index in [1.165, 1.54) is 0 Å². The van der Waals surface area contributed by atoms with Crippen molar-refractivity contribution >= 4 is 41.7 Å². The third kappa shape index (κ3) is 9.85. The zero-order chi connectivity index (χ0) is 16.4. The fraction of sp³-hybridized carbons (Fsp3) is 0.444. The van der Waals surface area contributed by atoms with Crippen LogP contribution in [0.3, 0.4) is 0 Å². The summed E-state index contributed by atoms with van der Waals surface area (Å²) < 4.78 is 13.3. The molecule has 1 aromatic heterocycles. The van der Waals surface area contributed by atoms with E-state index < -0.39 is 5.97 Å². The Bertz CT molecular complexity index is 505. The molecule has 0 unspecified atom stereocenters. The Morgan fingerprint density at radius 2 is 1.67 bits per heavy atom. The number of nitrogens with zero attached hydrogens (tertiary/aromatic N) is 2. The van der Waals surface area contributed by atoms with Crippen LogP contribution in [0.25, 0.3) is 0 Å². The molecule has 15 heteroatoms. The van der Waals surface area contributed by atoms with Crippen LogP contribution in [0.1, 0.15) is 19.0 Å². The molecule has 10 nitrogen and oxygen atoms in total. The van der Waals surface area contributed by atoms with Crippen LogP contribution in [-0.2, 0) is 30.0 Å². The van der Waals surface area contributed by atoms with E-state index in [1.807, 2.05) is 0 Å². The first kappa shape index (κ1) is 27.5. The zero-order valence-electron chi connectivity index (χ0n) is 13.0. The Hall–Kier alpha value is 1.30. The summed E-state index contributed by atoms with van der Waals surface area (Å²) in [5.41, 5.74) is 0.312. The van der Waals surface area contributed by atoms with Gasteiger partial charge in [-0.15, -0.1) is 11.6 Å². The van der Waals surface area contributed by atoms with E-state index in [0.717, 1.165) is 0 Å². The number of hydrogen-bond acceptors (Lipinski definition) is 12. The topological polar surface area (TPSA) is 135 Å². The molecule has 0 saturated carbocycles. The second-order valence-corrected chi connectivity index (χ2v) is 5.05. The SMILES string of the molecule is CCc1nc(SOO[O-])c(SOO[O-])nc1OC(=O)CCCl.[Na+].[Na+]. The van der Waals surface area contributed by atoms with E-state index in [1.54, 1.807) is 6.92 Å². The van der Waals surface area contributed by atoms with Crippen LogP contribution >= 0.6 is 35.7 Å². The van der Waals surface area contributed by atoms with E-state index in [0.29, 0.717) is 36.2 Å². The van der Waals surface area contributed by atoms with Gasteiger partial charge in [0.1, 0.15) is 5.69 Å². The van der Waals surface area contributed by atoms with Crippen LogP contribution in [0.15, 0.2) is 10.1 Å². The average Bonchev–Trinajstić information content (AvgIpc) is 2.51. The number of aromatic nitrogens is 2. The quantitative estimate of drug-likeness (QED) is 0.0893. The molecule has 0 saturated heterocycles. The number of esters is 1. The van der Waals surface area contributed by atoms with Crippen LogP contribution in [0.2, 0.25) is 0 Å². The maximum absolute atomic E-state index is 11.5. The minimum absolute atomic E-state index is 0. The number of rotatable bonds is 10. The molecule has 0 aliphatic heterocycles. The van der Waals surface area contributed by atoms with Crippen molar-refractivity contribution in [2.75, 3.05) is 5.88 Å². The fourth-order valence-electron chi connectivity index (χ4n) is 1.17. The molecule has 1 rings (SSSR count). The molecule has 0 aliphatic rings. The number of carbonyl (C=O) groups excluding carboxylic acids is 1. The van der Waals surface area contributed by atoms with Crippen molar-refractivity contribution in [3.8, 4) is 5.88 Å². The summed E-state index contributed by atoms with van der Waals surface area (Å²) in [6, 6.07) is 0. The van der Waals surface area contributed by atoms with Crippen LogP contribution < -0.4 is 74.4 Å². The maximum atomic E-state index is 11.5. The van der Waals surface area contributed by atoms with Crippen molar-refractivity contribution in [1.82, 2.24) is 9.97 Å². The summed E-state index contributed by atoms with van der Waals surface area (Å²) in [5.74, 6) is -0.595. The van der Waals surface area contributed by atoms with E-state index in [9.17, 15) is 15.3 Å². The molecule has 0 N–H and O–H groups in total. The molecule has 0 radical (unpaired) electrons. The molecule has 124 valence electrons. The summed E-state index contributed by atoms with van der Waals surface area (Å²) in [4.78, 5) is 19.5. The maximum Gasteiger partial charge on any atom is 1.00 e. The number of hydrogen-bond donors (Lipinski definition) is 0. The number of halogens is 1. The van der Waals surface area contributed by atoms with Gasteiger partial charge in [-0.3, -0.25) is 14.9 Å². The second-order valence-electron chi connectivity index (χ2n) is 3.29. The van der Waals surface area contributed by atoms with E-state index in [2.05, 4.69) is 28.7 Å². The smallest absolute Gasteiger partial charge is 0.691 e. The standard InChI is InChI=1S/C9H11ClN2O8S2.2Na/c1-2-5-7(16-6(13)3-4-10)12-9(22-20-18-15)8(11-5)21-19-17-14;;/h14-15H,2-4H2,1H3;;/q;2*+1/p-2. The van der Waals surface area contributed by atoms with Gasteiger partial charge in [-0.05, 0) is 6.42 Å². The molecule has 0 bridgehead atoms. The van der Waals surface area contributed by atoms with Gasteiger partial charge >= 0.3 is 65.1 Å². The molecule has 24 heavy (non-hydrogen) atoms. The van der Waals surface area contributed by atoms with Gasteiger partial charge in [0, 0.05) is 5.88 Å². The van der Waals surface area contributed by atoms with Gasteiger partial charge in [0.25, 0.3) is 0 Å². The monoisotopic (exact) mass is 418 g/mol. The third-order valence-electron chi connectivity index (χ3n) is 1.99. The largest absolute Gasteiger partial charge is 1.00 e. The molecule has 1 heterocycles. The Morgan fingerprint density at radius 3 is 2.12 bits per heavy atom. The first-order valence-electron chi connectivity index (χ1n) is 5.60. The number of alkyl halides is 1. The van der Waals surface area contributed by atoms with Crippen molar-refractivity contribution in [1.29, 1.82) is 0 Å². The molecule has 0 spiro atoms. The van der Waals surface area contributed by atoms with Crippen molar-refractivity contribution in [2.24, 2.45) is 0 Å². The molecule has 0 amide bonds. The molecule has 1 aromatic rings. The van der Waals surface area contributed by atoms with E-state index in [4.69, 9.17) is 16.3 Å². The Kier molecular flexibility index (Phi) is 18.9. The van der Waals surface area contributed by atoms with Crippen molar-refractivity contribution in [3.05, 3.63) is 5.69 Å². The predicted molar refractivity (Wildman–Crippen MR) is 68.4 cm³/mol. The van der Waals surface area contributed by atoms with E-state index >= 15 is 0 Å². The van der Waals surface area contributed by atoms with Gasteiger partial charge < -0.3 is 15.3 Å². The van der Waals surface area contributed by atoms with Crippen molar-refractivity contribution in [2.45, 2.75) is 29.8 Å². The fourth-order valence-corrected chi connectivity index (χ4v) is 2.22. The van der Waals surface area contributed by atoms with Crippen LogP contribution in [0.4, 0.5) is 0 Å². The van der Waals surface area contributed by atoms with Gasteiger partial charge in [0.05, 0.1) is 30.5 Å². The third-order valence-corrected chi connectivity index (χ3v) is 3.45. The number of ether oxygens (including phenoxy) is 1. The summed E-state index contributed by atoms with van der Waals surface area (Å²) in [6.45, 7) is 1.74. The minimum Gasteiger partial charge on any atom is -0.691 e. The second kappa shape index (κ2) is 16.5. The predicted octanol–water partition coefficient (Wildman–Crippen LogP) is -5.96. The molecule has 0 atom stereocenters. The number of carbonyl (C=O) groups is 1. The summed E-state index contributed by atoms with van der Waals surface area (Å²) >= 11 is 6.27. The average molecular weight is 419 g/mol. The van der Waals surface area contributed by atoms with Gasteiger partial charge in [-0.2, -0.15) is 13.7 Å². The van der Waals surface area contributed by atoms with E-state index in [-0.39, 0.29) is 87.3 Å². The van der Waals surface area contributed by atoms with Gasteiger partial charge in [-0.25, -0.2) is 4.98 Å². The van der Waals surface area contributed by atoms with Crippen molar-refractivity contribution in [3.63, 3.8) is 0 Å². The number of aryl methyl sites for hydroxylation is 1. The molecule has 0 fully saturated rings. The molecular weight excluding hydrogens is 410 g/mol. The van der Waals surface area contributed by atoms with Crippen LogP contribution in [0.5, 0.6) is 5.88 Å². The van der Waals surface area contributed by atoms with Crippen LogP contribution in [-0.4, -0.2) is 21.8 Å². The van der Waals surface area contributed by atoms with Gasteiger partial charge in [0.15, 0.2) is 10.1 Å². The Balaban J connectivity index is 0.